The highest BCUT2D eigenvalue weighted by Crippen LogP contribution is 2.23. The van der Waals surface area contributed by atoms with E-state index in [4.69, 9.17) is 4.74 Å². The number of hydrogen-bond donors (Lipinski definition) is 0. The highest BCUT2D eigenvalue weighted by atomic mass is 16.5. The zero-order valence-electron chi connectivity index (χ0n) is 13.0. The van der Waals surface area contributed by atoms with Crippen molar-refractivity contribution in [3.8, 4) is 5.75 Å². The van der Waals surface area contributed by atoms with Gasteiger partial charge >= 0.3 is 0 Å². The molecule has 1 aromatic rings. The third-order valence-corrected chi connectivity index (χ3v) is 4.32. The molecule has 2 atom stereocenters. The van der Waals surface area contributed by atoms with Crippen LogP contribution < -0.4 is 4.74 Å². The topological polar surface area (TPSA) is 29.5 Å². The number of ether oxygens (including phenoxy) is 1. The number of rotatable bonds is 3. The summed E-state index contributed by atoms with van der Waals surface area (Å²) in [6.07, 6.45) is 3.41. The largest absolute Gasteiger partial charge is 0.484 e. The number of piperidine rings is 1. The van der Waals surface area contributed by atoms with Crippen molar-refractivity contribution in [2.24, 2.45) is 0 Å². The predicted molar refractivity (Wildman–Crippen MR) is 81.0 cm³/mol. The molecule has 1 fully saturated rings. The van der Waals surface area contributed by atoms with E-state index in [-0.39, 0.29) is 12.5 Å². The lowest BCUT2D eigenvalue weighted by molar-refractivity contribution is -0.139. The van der Waals surface area contributed by atoms with Gasteiger partial charge in [0.05, 0.1) is 0 Å². The lowest BCUT2D eigenvalue weighted by Crippen LogP contribution is -2.49. The molecule has 110 valence electrons. The molecule has 1 aliphatic heterocycles. The Morgan fingerprint density at radius 2 is 1.85 bits per heavy atom. The molecule has 0 aromatic heterocycles. The minimum atomic E-state index is 0.0999. The summed E-state index contributed by atoms with van der Waals surface area (Å²) >= 11 is 0. The van der Waals surface area contributed by atoms with Crippen molar-refractivity contribution in [1.82, 2.24) is 4.90 Å². The number of likely N-dealkylation sites (tertiary alicyclic amines) is 1. The minimum Gasteiger partial charge on any atom is -0.484 e. The molecule has 0 radical (unpaired) electrons. The van der Waals surface area contributed by atoms with Gasteiger partial charge in [0.1, 0.15) is 5.75 Å². The Kier molecular flexibility index (Phi) is 4.69. The predicted octanol–water partition coefficient (Wildman–Crippen LogP) is 3.47. The fourth-order valence-corrected chi connectivity index (χ4v) is 2.94. The summed E-state index contributed by atoms with van der Waals surface area (Å²) in [4.78, 5) is 14.3. The third kappa shape index (κ3) is 3.33. The molecule has 0 spiro atoms. The van der Waals surface area contributed by atoms with Crippen molar-refractivity contribution in [2.45, 2.75) is 59.0 Å². The standard InChI is InChI=1S/C17H25NO2/c1-12-8-9-16(10-13(12)2)20-11-17(19)18-14(3)6-5-7-15(18)4/h8-10,14-15H,5-7,11H2,1-4H3/t14-,15-/m0/s1. The Balaban J connectivity index is 1.95. The summed E-state index contributed by atoms with van der Waals surface area (Å²) in [5, 5.41) is 0. The summed E-state index contributed by atoms with van der Waals surface area (Å²) in [5.74, 6) is 0.877. The Bertz CT molecular complexity index is 474. The van der Waals surface area contributed by atoms with Crippen molar-refractivity contribution in [3.63, 3.8) is 0 Å². The average molecular weight is 275 g/mol. The third-order valence-electron chi connectivity index (χ3n) is 4.32. The molecule has 0 unspecified atom stereocenters. The number of aryl methyl sites for hydroxylation is 2. The van der Waals surface area contributed by atoms with Gasteiger partial charge in [-0.1, -0.05) is 6.07 Å². The van der Waals surface area contributed by atoms with Gasteiger partial charge < -0.3 is 9.64 Å². The van der Waals surface area contributed by atoms with Crippen LogP contribution in [-0.2, 0) is 4.79 Å². The zero-order valence-corrected chi connectivity index (χ0v) is 13.0. The summed E-state index contributed by atoms with van der Waals surface area (Å²) in [6.45, 7) is 8.52. The first kappa shape index (κ1) is 14.9. The van der Waals surface area contributed by atoms with E-state index in [2.05, 4.69) is 27.7 Å². The molecule has 0 bridgehead atoms. The van der Waals surface area contributed by atoms with Gasteiger partial charge in [-0.15, -0.1) is 0 Å². The van der Waals surface area contributed by atoms with Crippen LogP contribution in [0.2, 0.25) is 0 Å². The summed E-state index contributed by atoms with van der Waals surface area (Å²) in [6, 6.07) is 6.61. The second-order valence-electron chi connectivity index (χ2n) is 5.96. The van der Waals surface area contributed by atoms with Crippen LogP contribution in [-0.4, -0.2) is 29.5 Å². The normalized spacial score (nSPS) is 22.7. The van der Waals surface area contributed by atoms with Crippen LogP contribution in [0.15, 0.2) is 18.2 Å². The molecule has 2 rings (SSSR count). The van der Waals surface area contributed by atoms with Gasteiger partial charge in [0, 0.05) is 12.1 Å². The maximum atomic E-state index is 12.3. The molecule has 1 aliphatic rings. The average Bonchev–Trinajstić information content (AvgIpc) is 2.40. The van der Waals surface area contributed by atoms with Gasteiger partial charge in [-0.05, 0) is 70.2 Å². The summed E-state index contributed by atoms with van der Waals surface area (Å²) in [7, 11) is 0. The number of amides is 1. The van der Waals surface area contributed by atoms with E-state index in [0.717, 1.165) is 18.6 Å². The van der Waals surface area contributed by atoms with Gasteiger partial charge in [-0.25, -0.2) is 0 Å². The molecule has 20 heavy (non-hydrogen) atoms. The van der Waals surface area contributed by atoms with E-state index >= 15 is 0 Å². The van der Waals surface area contributed by atoms with E-state index in [0.29, 0.717) is 12.1 Å². The second-order valence-corrected chi connectivity index (χ2v) is 5.96. The van der Waals surface area contributed by atoms with Crippen LogP contribution in [0.1, 0.15) is 44.2 Å². The van der Waals surface area contributed by atoms with Gasteiger partial charge in [-0.2, -0.15) is 0 Å². The molecule has 1 heterocycles. The second kappa shape index (κ2) is 6.29. The van der Waals surface area contributed by atoms with Crippen LogP contribution in [0.5, 0.6) is 5.75 Å². The quantitative estimate of drug-likeness (QED) is 0.845. The molecule has 1 saturated heterocycles. The summed E-state index contributed by atoms with van der Waals surface area (Å²) < 4.78 is 5.66. The zero-order chi connectivity index (χ0) is 14.7. The van der Waals surface area contributed by atoms with Crippen LogP contribution >= 0.6 is 0 Å². The van der Waals surface area contributed by atoms with Gasteiger partial charge in [-0.3, -0.25) is 4.79 Å². The van der Waals surface area contributed by atoms with Gasteiger partial charge in [0.15, 0.2) is 6.61 Å². The fraction of sp³-hybridized carbons (Fsp3) is 0.588. The highest BCUT2D eigenvalue weighted by Gasteiger charge is 2.28. The van der Waals surface area contributed by atoms with E-state index in [1.807, 2.05) is 23.1 Å². The van der Waals surface area contributed by atoms with Gasteiger partial charge in [0.2, 0.25) is 0 Å². The number of benzene rings is 1. The lowest BCUT2D eigenvalue weighted by atomic mass is 9.97. The van der Waals surface area contributed by atoms with Crippen molar-refractivity contribution in [1.29, 1.82) is 0 Å². The molecule has 3 nitrogen and oxygen atoms in total. The number of hydrogen-bond acceptors (Lipinski definition) is 2. The van der Waals surface area contributed by atoms with E-state index in [1.54, 1.807) is 0 Å². The highest BCUT2D eigenvalue weighted by molar-refractivity contribution is 5.78. The monoisotopic (exact) mass is 275 g/mol. The molecule has 0 N–H and O–H groups in total. The molecule has 0 saturated carbocycles. The van der Waals surface area contributed by atoms with Crippen molar-refractivity contribution in [3.05, 3.63) is 29.3 Å². The van der Waals surface area contributed by atoms with Crippen molar-refractivity contribution < 1.29 is 9.53 Å². The van der Waals surface area contributed by atoms with Crippen LogP contribution in [0.3, 0.4) is 0 Å². The first-order valence-corrected chi connectivity index (χ1v) is 7.50. The molecular formula is C17H25NO2. The molecular weight excluding hydrogens is 250 g/mol. The van der Waals surface area contributed by atoms with Crippen molar-refractivity contribution >= 4 is 5.91 Å². The number of nitrogens with zero attached hydrogens (tertiary/aromatic N) is 1. The first-order valence-electron chi connectivity index (χ1n) is 7.50. The van der Waals surface area contributed by atoms with Gasteiger partial charge in [0.25, 0.3) is 5.91 Å². The maximum absolute atomic E-state index is 12.3. The molecule has 1 amide bonds. The minimum absolute atomic E-state index is 0.0999. The Hall–Kier alpha value is -1.51. The first-order chi connectivity index (χ1) is 9.49. The molecule has 0 aliphatic carbocycles. The number of carbonyl (C=O) groups is 1. The Morgan fingerprint density at radius 1 is 1.20 bits per heavy atom. The van der Waals surface area contributed by atoms with Crippen LogP contribution in [0.25, 0.3) is 0 Å². The Labute approximate surface area is 121 Å². The van der Waals surface area contributed by atoms with Crippen LogP contribution in [0, 0.1) is 13.8 Å². The van der Waals surface area contributed by atoms with E-state index in [9.17, 15) is 4.79 Å². The summed E-state index contributed by atoms with van der Waals surface area (Å²) in [5.41, 5.74) is 2.43. The Morgan fingerprint density at radius 3 is 2.45 bits per heavy atom. The van der Waals surface area contributed by atoms with Crippen molar-refractivity contribution in [2.75, 3.05) is 6.61 Å². The van der Waals surface area contributed by atoms with E-state index < -0.39 is 0 Å². The van der Waals surface area contributed by atoms with E-state index in [1.165, 1.54) is 17.5 Å². The molecule has 1 aromatic carbocycles. The van der Waals surface area contributed by atoms with Crippen LogP contribution in [0.4, 0.5) is 0 Å². The maximum Gasteiger partial charge on any atom is 0.260 e. The SMILES string of the molecule is Cc1ccc(OCC(=O)N2[C@@H](C)CCC[C@@H]2C)cc1C. The number of carbonyl (C=O) groups excluding carboxylic acids is 1. The molecule has 3 heteroatoms. The lowest BCUT2D eigenvalue weighted by Gasteiger charge is -2.39. The fourth-order valence-electron chi connectivity index (χ4n) is 2.94. The smallest absolute Gasteiger partial charge is 0.260 e.